The summed E-state index contributed by atoms with van der Waals surface area (Å²) in [6.45, 7) is 0.0524. The number of nitrogens with one attached hydrogen (secondary N) is 1. The molecule has 0 fully saturated rings. The third kappa shape index (κ3) is 4.03. The van der Waals surface area contributed by atoms with E-state index in [1.54, 1.807) is 24.3 Å². The summed E-state index contributed by atoms with van der Waals surface area (Å²) in [4.78, 5) is 16.0. The molecule has 1 aliphatic rings. The van der Waals surface area contributed by atoms with Crippen molar-refractivity contribution in [3.05, 3.63) is 65.5 Å². The fourth-order valence-electron chi connectivity index (χ4n) is 2.37. The van der Waals surface area contributed by atoms with Gasteiger partial charge in [-0.3, -0.25) is 14.5 Å². The van der Waals surface area contributed by atoms with Crippen molar-refractivity contribution >= 4 is 21.8 Å². The average molecular weight is 362 g/mol. The summed E-state index contributed by atoms with van der Waals surface area (Å²) < 4.78 is 44.3. The van der Waals surface area contributed by atoms with Gasteiger partial charge in [-0.25, -0.2) is 12.8 Å². The van der Waals surface area contributed by atoms with Gasteiger partial charge in [0.2, 0.25) is 0 Å². The van der Waals surface area contributed by atoms with E-state index in [0.717, 1.165) is 0 Å². The van der Waals surface area contributed by atoms with Crippen LogP contribution in [0.25, 0.3) is 0 Å². The molecule has 2 aromatic carbocycles. The molecule has 0 atom stereocenters. The predicted molar refractivity (Wildman–Crippen MR) is 89.0 cm³/mol. The Morgan fingerprint density at radius 1 is 1.16 bits per heavy atom. The predicted octanol–water partition coefficient (Wildman–Crippen LogP) is 2.00. The lowest BCUT2D eigenvalue weighted by atomic mass is 10.2. The molecule has 0 aromatic heterocycles. The van der Waals surface area contributed by atoms with E-state index in [-0.39, 0.29) is 30.3 Å². The van der Waals surface area contributed by atoms with Gasteiger partial charge in [0.05, 0.1) is 17.9 Å². The monoisotopic (exact) mass is 362 g/mol. The molecule has 8 heteroatoms. The lowest BCUT2D eigenvalue weighted by molar-refractivity contribution is -0.144. The van der Waals surface area contributed by atoms with E-state index in [4.69, 9.17) is 4.74 Å². The van der Waals surface area contributed by atoms with Crippen LogP contribution in [0, 0.1) is 5.82 Å². The van der Waals surface area contributed by atoms with E-state index < -0.39 is 21.8 Å². The van der Waals surface area contributed by atoms with Crippen LogP contribution in [0.5, 0.6) is 0 Å². The van der Waals surface area contributed by atoms with Crippen molar-refractivity contribution in [3.8, 4) is 0 Å². The number of amidine groups is 1. The maximum Gasteiger partial charge on any atom is 0.308 e. The number of fused-ring (bicyclic) bond motifs is 1. The molecule has 0 saturated heterocycles. The second kappa shape index (κ2) is 7.02. The third-order valence-corrected chi connectivity index (χ3v) is 4.93. The number of nitrogens with zero attached hydrogens (tertiary/aromatic N) is 1. The number of halogens is 1. The molecule has 3 rings (SSSR count). The number of sulfonamides is 1. The van der Waals surface area contributed by atoms with Crippen LogP contribution in [-0.4, -0.2) is 26.8 Å². The maximum absolute atomic E-state index is 13.0. The van der Waals surface area contributed by atoms with Gasteiger partial charge in [0.25, 0.3) is 10.0 Å². The lowest BCUT2D eigenvalue weighted by Crippen LogP contribution is -2.22. The molecule has 0 radical (unpaired) electrons. The van der Waals surface area contributed by atoms with Crippen molar-refractivity contribution in [1.82, 2.24) is 4.72 Å². The first-order valence-corrected chi connectivity index (χ1v) is 9.01. The molecule has 25 heavy (non-hydrogen) atoms. The molecule has 1 aliphatic heterocycles. The summed E-state index contributed by atoms with van der Waals surface area (Å²) in [6.07, 6.45) is -0.0112. The second-order valence-electron chi connectivity index (χ2n) is 5.37. The lowest BCUT2D eigenvalue weighted by Gasteiger charge is -2.04. The molecule has 2 aromatic rings. The number of aliphatic imine (C=N–C) groups is 1. The molecular weight excluding hydrogens is 347 g/mol. The van der Waals surface area contributed by atoms with Gasteiger partial charge < -0.3 is 4.74 Å². The third-order valence-electron chi connectivity index (χ3n) is 3.54. The van der Waals surface area contributed by atoms with Crippen molar-refractivity contribution in [1.29, 1.82) is 0 Å². The highest BCUT2D eigenvalue weighted by Gasteiger charge is 2.29. The van der Waals surface area contributed by atoms with E-state index in [9.17, 15) is 17.6 Å². The Balaban J connectivity index is 1.56. The highest BCUT2D eigenvalue weighted by molar-refractivity contribution is 7.90. The standard InChI is InChI=1S/C17H15FN2O4S/c18-13-5-3-4-12(10-13)11-24-16(21)8-9-19-17-14-6-1-2-7-15(14)25(22,23)20-17/h1-7,10H,8-9,11H2,(H,19,20). The highest BCUT2D eigenvalue weighted by Crippen LogP contribution is 2.22. The van der Waals surface area contributed by atoms with Crippen LogP contribution >= 0.6 is 0 Å². The second-order valence-corrected chi connectivity index (χ2v) is 7.02. The van der Waals surface area contributed by atoms with Crippen LogP contribution in [0.3, 0.4) is 0 Å². The zero-order valence-corrected chi connectivity index (χ0v) is 13.9. The fraction of sp³-hybridized carbons (Fsp3) is 0.176. The highest BCUT2D eigenvalue weighted by atomic mass is 32.2. The largest absolute Gasteiger partial charge is 0.461 e. The first-order valence-electron chi connectivity index (χ1n) is 7.52. The molecule has 0 saturated carbocycles. The van der Waals surface area contributed by atoms with Gasteiger partial charge in [-0.05, 0) is 29.8 Å². The molecule has 130 valence electrons. The van der Waals surface area contributed by atoms with Crippen LogP contribution in [0.2, 0.25) is 0 Å². The van der Waals surface area contributed by atoms with Gasteiger partial charge in [-0.15, -0.1) is 0 Å². The smallest absolute Gasteiger partial charge is 0.308 e. The summed E-state index contributed by atoms with van der Waals surface area (Å²) in [7, 11) is -3.59. The van der Waals surface area contributed by atoms with Gasteiger partial charge in [0, 0.05) is 5.56 Å². The number of carbonyl (C=O) groups is 1. The van der Waals surface area contributed by atoms with Crippen molar-refractivity contribution in [3.63, 3.8) is 0 Å². The quantitative estimate of drug-likeness (QED) is 0.825. The molecule has 1 N–H and O–H groups in total. The zero-order valence-electron chi connectivity index (χ0n) is 13.1. The topological polar surface area (TPSA) is 84.8 Å². The minimum atomic E-state index is -3.59. The Kier molecular flexibility index (Phi) is 4.80. The summed E-state index contributed by atoms with van der Waals surface area (Å²) in [5, 5.41) is 0. The zero-order chi connectivity index (χ0) is 17.9. The fourth-order valence-corrected chi connectivity index (χ4v) is 3.62. The minimum absolute atomic E-state index is 0.0112. The molecule has 0 unspecified atom stereocenters. The van der Waals surface area contributed by atoms with Crippen molar-refractivity contribution in [2.24, 2.45) is 4.99 Å². The van der Waals surface area contributed by atoms with E-state index in [0.29, 0.717) is 11.1 Å². The van der Waals surface area contributed by atoms with Crippen molar-refractivity contribution in [2.75, 3.05) is 6.54 Å². The van der Waals surface area contributed by atoms with Gasteiger partial charge in [0.1, 0.15) is 18.3 Å². The molecule has 6 nitrogen and oxygen atoms in total. The number of rotatable bonds is 5. The maximum atomic E-state index is 13.0. The van der Waals surface area contributed by atoms with Crippen LogP contribution in [-0.2, 0) is 26.2 Å². The van der Waals surface area contributed by atoms with E-state index in [1.807, 2.05) is 0 Å². The van der Waals surface area contributed by atoms with E-state index >= 15 is 0 Å². The summed E-state index contributed by atoms with van der Waals surface area (Å²) in [5.41, 5.74) is 1.03. The number of ether oxygens (including phenoxy) is 1. The molecule has 0 spiro atoms. The van der Waals surface area contributed by atoms with Crippen LogP contribution in [0.4, 0.5) is 4.39 Å². The van der Waals surface area contributed by atoms with Crippen molar-refractivity contribution < 1.29 is 22.3 Å². The van der Waals surface area contributed by atoms with Gasteiger partial charge >= 0.3 is 5.97 Å². The summed E-state index contributed by atoms with van der Waals surface area (Å²) >= 11 is 0. The van der Waals surface area contributed by atoms with Crippen LogP contribution in [0.15, 0.2) is 58.4 Å². The Bertz CT molecular complexity index is 941. The number of hydrogen-bond donors (Lipinski definition) is 1. The molecular formula is C17H15FN2O4S. The number of benzene rings is 2. The van der Waals surface area contributed by atoms with E-state index in [2.05, 4.69) is 9.71 Å². The molecule has 1 heterocycles. The summed E-state index contributed by atoms with van der Waals surface area (Å²) in [6, 6.07) is 12.3. The Hall–Kier alpha value is -2.74. The van der Waals surface area contributed by atoms with Crippen LogP contribution < -0.4 is 4.72 Å². The van der Waals surface area contributed by atoms with Crippen LogP contribution in [0.1, 0.15) is 17.5 Å². The van der Waals surface area contributed by atoms with Crippen molar-refractivity contribution in [2.45, 2.75) is 17.9 Å². The Morgan fingerprint density at radius 2 is 1.96 bits per heavy atom. The van der Waals surface area contributed by atoms with Gasteiger partial charge in [-0.2, -0.15) is 0 Å². The molecule has 0 bridgehead atoms. The Labute approximate surface area is 144 Å². The number of esters is 1. The average Bonchev–Trinajstić information content (AvgIpc) is 2.84. The van der Waals surface area contributed by atoms with E-state index in [1.165, 1.54) is 24.3 Å². The first kappa shape index (κ1) is 17.1. The number of hydrogen-bond acceptors (Lipinski definition) is 5. The summed E-state index contributed by atoms with van der Waals surface area (Å²) in [5.74, 6) is -0.677. The van der Waals surface area contributed by atoms with Gasteiger partial charge in [0.15, 0.2) is 0 Å². The van der Waals surface area contributed by atoms with Gasteiger partial charge in [-0.1, -0.05) is 24.3 Å². The first-order chi connectivity index (χ1) is 12.0. The Morgan fingerprint density at radius 3 is 2.76 bits per heavy atom. The normalized spacial score (nSPS) is 16.3. The number of carbonyl (C=O) groups excluding carboxylic acids is 1. The molecule has 0 amide bonds. The minimum Gasteiger partial charge on any atom is -0.461 e. The molecule has 0 aliphatic carbocycles. The SMILES string of the molecule is O=C(CCN=C1NS(=O)(=O)c2ccccc21)OCc1cccc(F)c1.